The maximum absolute atomic E-state index is 5.80. The molecule has 17 heavy (non-hydrogen) atoms. The summed E-state index contributed by atoms with van der Waals surface area (Å²) >= 11 is 10.9. The third kappa shape index (κ3) is 2.81. The molecule has 88 valence electrons. The van der Waals surface area contributed by atoms with Gasteiger partial charge in [-0.15, -0.1) is 0 Å². The molecular formula is C11H11ClN4S. The third-order valence-electron chi connectivity index (χ3n) is 2.23. The Morgan fingerprint density at radius 3 is 2.82 bits per heavy atom. The van der Waals surface area contributed by atoms with Crippen LogP contribution in [-0.2, 0) is 6.42 Å². The highest BCUT2D eigenvalue weighted by Crippen LogP contribution is 2.08. The second-order valence-corrected chi connectivity index (χ2v) is 4.23. The summed E-state index contributed by atoms with van der Waals surface area (Å²) in [5.41, 5.74) is 0.958. The van der Waals surface area contributed by atoms with Gasteiger partial charge in [-0.05, 0) is 29.9 Å². The van der Waals surface area contributed by atoms with Crippen molar-refractivity contribution in [2.24, 2.45) is 5.10 Å². The van der Waals surface area contributed by atoms with E-state index in [1.54, 1.807) is 10.9 Å². The van der Waals surface area contributed by atoms with E-state index >= 15 is 0 Å². The third-order valence-corrected chi connectivity index (χ3v) is 2.74. The Labute approximate surface area is 109 Å². The van der Waals surface area contributed by atoms with E-state index in [-0.39, 0.29) is 0 Å². The number of aromatic amines is 1. The molecule has 6 heteroatoms. The predicted octanol–water partition coefficient (Wildman–Crippen LogP) is 3.04. The van der Waals surface area contributed by atoms with Crippen molar-refractivity contribution in [2.75, 3.05) is 0 Å². The van der Waals surface area contributed by atoms with Gasteiger partial charge in [-0.25, -0.2) is 0 Å². The number of hydrogen-bond donors (Lipinski definition) is 1. The Hall–Kier alpha value is -1.46. The number of aryl methyl sites for hydroxylation is 1. The number of nitrogens with zero attached hydrogens (tertiary/aromatic N) is 3. The quantitative estimate of drug-likeness (QED) is 0.686. The molecule has 0 radical (unpaired) electrons. The zero-order valence-corrected chi connectivity index (χ0v) is 10.8. The summed E-state index contributed by atoms with van der Waals surface area (Å²) in [7, 11) is 0. The van der Waals surface area contributed by atoms with Crippen molar-refractivity contribution in [2.45, 2.75) is 13.3 Å². The molecule has 0 amide bonds. The number of halogens is 1. The highest BCUT2D eigenvalue weighted by Gasteiger charge is 2.00. The Balaban J connectivity index is 2.28. The van der Waals surface area contributed by atoms with Crippen LogP contribution in [0.2, 0.25) is 5.02 Å². The molecule has 1 aromatic heterocycles. The molecule has 0 saturated carbocycles. The van der Waals surface area contributed by atoms with Gasteiger partial charge in [0.2, 0.25) is 4.77 Å². The van der Waals surface area contributed by atoms with Crippen LogP contribution in [0.5, 0.6) is 0 Å². The van der Waals surface area contributed by atoms with Crippen LogP contribution in [0.25, 0.3) is 0 Å². The Morgan fingerprint density at radius 2 is 2.18 bits per heavy atom. The molecule has 0 fully saturated rings. The summed E-state index contributed by atoms with van der Waals surface area (Å²) in [5, 5.41) is 11.8. The molecule has 0 aliphatic heterocycles. The lowest BCUT2D eigenvalue weighted by Gasteiger charge is -1.97. The predicted molar refractivity (Wildman–Crippen MR) is 71.2 cm³/mol. The maximum atomic E-state index is 5.80. The van der Waals surface area contributed by atoms with E-state index in [1.165, 1.54) is 0 Å². The number of H-pyrrole nitrogens is 1. The normalized spacial score (nSPS) is 11.2. The lowest BCUT2D eigenvalue weighted by Crippen LogP contribution is -1.97. The summed E-state index contributed by atoms with van der Waals surface area (Å²) in [4.78, 5) is 0. The average molecular weight is 267 g/mol. The molecule has 1 heterocycles. The summed E-state index contributed by atoms with van der Waals surface area (Å²) in [6.07, 6.45) is 2.49. The van der Waals surface area contributed by atoms with E-state index < -0.39 is 0 Å². The largest absolute Gasteiger partial charge is 0.250 e. The van der Waals surface area contributed by atoms with Crippen LogP contribution in [0.1, 0.15) is 18.3 Å². The smallest absolute Gasteiger partial charge is 0.216 e. The number of nitrogens with one attached hydrogen (secondary N) is 1. The molecule has 4 nitrogen and oxygen atoms in total. The van der Waals surface area contributed by atoms with E-state index in [4.69, 9.17) is 23.8 Å². The first kappa shape index (κ1) is 12.0. The molecule has 0 atom stereocenters. The molecule has 0 saturated heterocycles. The van der Waals surface area contributed by atoms with E-state index in [9.17, 15) is 0 Å². The summed E-state index contributed by atoms with van der Waals surface area (Å²) in [6.45, 7) is 2.00. The fraction of sp³-hybridized carbons (Fsp3) is 0.182. The van der Waals surface area contributed by atoms with Crippen molar-refractivity contribution in [3.05, 3.63) is 45.4 Å². The number of rotatable bonds is 3. The minimum absolute atomic E-state index is 0.493. The highest BCUT2D eigenvalue weighted by atomic mass is 35.5. The molecule has 0 unspecified atom stereocenters. The second-order valence-electron chi connectivity index (χ2n) is 3.41. The van der Waals surface area contributed by atoms with Gasteiger partial charge in [0.15, 0.2) is 5.82 Å². The van der Waals surface area contributed by atoms with Gasteiger partial charge in [0.05, 0.1) is 6.21 Å². The van der Waals surface area contributed by atoms with Crippen molar-refractivity contribution in [3.8, 4) is 0 Å². The molecule has 2 aromatic rings. The Kier molecular flexibility index (Phi) is 3.71. The van der Waals surface area contributed by atoms with E-state index in [0.717, 1.165) is 17.8 Å². The molecule has 0 aliphatic carbocycles. The minimum Gasteiger partial charge on any atom is -0.250 e. The van der Waals surface area contributed by atoms with Crippen LogP contribution < -0.4 is 0 Å². The standard InChI is InChI=1S/C11H11ClN4S/c1-2-10-14-15-11(17)16(10)13-7-8-3-5-9(12)6-4-8/h3-7H,2H2,1H3,(H,15,17). The number of aromatic nitrogens is 3. The average Bonchev–Trinajstić information content (AvgIpc) is 2.69. The van der Waals surface area contributed by atoms with Gasteiger partial charge in [-0.1, -0.05) is 30.7 Å². The van der Waals surface area contributed by atoms with Crippen LogP contribution in [0.3, 0.4) is 0 Å². The summed E-state index contributed by atoms with van der Waals surface area (Å²) in [5.74, 6) is 0.806. The van der Waals surface area contributed by atoms with E-state index in [2.05, 4.69) is 15.3 Å². The zero-order chi connectivity index (χ0) is 12.3. The maximum Gasteiger partial charge on any atom is 0.216 e. The fourth-order valence-electron chi connectivity index (χ4n) is 1.35. The fourth-order valence-corrected chi connectivity index (χ4v) is 1.67. The Bertz CT molecular complexity index is 582. The van der Waals surface area contributed by atoms with Crippen LogP contribution in [-0.4, -0.2) is 21.1 Å². The van der Waals surface area contributed by atoms with Crippen molar-refractivity contribution < 1.29 is 0 Å². The molecule has 1 aromatic carbocycles. The number of hydrogen-bond acceptors (Lipinski definition) is 3. The molecular weight excluding hydrogens is 256 g/mol. The molecule has 2 rings (SSSR count). The van der Waals surface area contributed by atoms with E-state index in [1.807, 2.05) is 31.2 Å². The van der Waals surface area contributed by atoms with Crippen molar-refractivity contribution in [1.82, 2.24) is 14.9 Å². The van der Waals surface area contributed by atoms with Gasteiger partial charge >= 0.3 is 0 Å². The van der Waals surface area contributed by atoms with Crippen LogP contribution in [0.4, 0.5) is 0 Å². The van der Waals surface area contributed by atoms with E-state index in [0.29, 0.717) is 9.79 Å². The summed E-state index contributed by atoms with van der Waals surface area (Å²) < 4.78 is 2.11. The first-order chi connectivity index (χ1) is 8.20. The molecule has 0 aliphatic rings. The second kappa shape index (κ2) is 5.25. The van der Waals surface area contributed by atoms with Crippen molar-refractivity contribution in [3.63, 3.8) is 0 Å². The van der Waals surface area contributed by atoms with Gasteiger partial charge < -0.3 is 0 Å². The lowest BCUT2D eigenvalue weighted by molar-refractivity contribution is 0.780. The zero-order valence-electron chi connectivity index (χ0n) is 9.22. The summed E-state index contributed by atoms with van der Waals surface area (Å²) in [6, 6.07) is 7.42. The monoisotopic (exact) mass is 266 g/mol. The number of benzene rings is 1. The van der Waals surface area contributed by atoms with Crippen molar-refractivity contribution >= 4 is 30.0 Å². The van der Waals surface area contributed by atoms with Crippen molar-refractivity contribution in [1.29, 1.82) is 0 Å². The van der Waals surface area contributed by atoms with Gasteiger partial charge in [-0.3, -0.25) is 5.10 Å². The Morgan fingerprint density at radius 1 is 1.47 bits per heavy atom. The van der Waals surface area contributed by atoms with Gasteiger partial charge in [0.25, 0.3) is 0 Å². The van der Waals surface area contributed by atoms with Crippen LogP contribution in [0, 0.1) is 4.77 Å². The van der Waals surface area contributed by atoms with Crippen LogP contribution >= 0.6 is 23.8 Å². The topological polar surface area (TPSA) is 46.0 Å². The first-order valence-corrected chi connectivity index (χ1v) is 5.95. The molecule has 0 bridgehead atoms. The molecule has 1 N–H and O–H groups in total. The lowest BCUT2D eigenvalue weighted by atomic mass is 10.2. The van der Waals surface area contributed by atoms with Gasteiger partial charge in [0.1, 0.15) is 0 Å². The highest BCUT2D eigenvalue weighted by molar-refractivity contribution is 7.71. The SMILES string of the molecule is CCc1n[nH]c(=S)n1N=Cc1ccc(Cl)cc1. The minimum atomic E-state index is 0.493. The van der Waals surface area contributed by atoms with Crippen LogP contribution in [0.15, 0.2) is 29.4 Å². The van der Waals surface area contributed by atoms with Gasteiger partial charge in [-0.2, -0.15) is 14.9 Å². The van der Waals surface area contributed by atoms with Gasteiger partial charge in [0, 0.05) is 11.4 Å². The first-order valence-electron chi connectivity index (χ1n) is 5.17. The molecule has 0 spiro atoms.